The number of carbonyl (C=O) groups excluding carboxylic acids is 3. The fraction of sp³-hybridized carbons (Fsp3) is 0.346. The molecule has 0 spiro atoms. The highest BCUT2D eigenvalue weighted by atomic mass is 32.1. The summed E-state index contributed by atoms with van der Waals surface area (Å²) in [6.07, 6.45) is 1.46. The van der Waals surface area contributed by atoms with Crippen LogP contribution in [-0.2, 0) is 20.8 Å². The van der Waals surface area contributed by atoms with Gasteiger partial charge in [-0.15, -0.1) is 0 Å². The number of likely N-dealkylation sites (N-methyl/N-ethyl adjacent to an activating group) is 1. The lowest BCUT2D eigenvalue weighted by molar-refractivity contribution is -0.121. The quantitative estimate of drug-likeness (QED) is 0.430. The number of rotatable bonds is 9. The van der Waals surface area contributed by atoms with Crippen molar-refractivity contribution in [1.82, 2.24) is 14.7 Å². The molecule has 4 rings (SSSR count). The summed E-state index contributed by atoms with van der Waals surface area (Å²) in [5.74, 6) is 0.528. The maximum absolute atomic E-state index is 13.2. The van der Waals surface area contributed by atoms with Crippen LogP contribution in [0.3, 0.4) is 0 Å². The molecule has 9 nitrogen and oxygen atoms in total. The Balaban J connectivity index is 1.47. The van der Waals surface area contributed by atoms with Crippen molar-refractivity contribution in [3.63, 3.8) is 0 Å². The van der Waals surface area contributed by atoms with Crippen LogP contribution in [-0.4, -0.2) is 60.7 Å². The molecule has 3 aromatic rings. The van der Waals surface area contributed by atoms with E-state index < -0.39 is 6.04 Å². The van der Waals surface area contributed by atoms with Crippen molar-refractivity contribution < 1.29 is 14.4 Å². The molecule has 0 bridgehead atoms. The molecule has 0 saturated carbocycles. The third kappa shape index (κ3) is 5.29. The summed E-state index contributed by atoms with van der Waals surface area (Å²) in [6.45, 7) is 4.55. The second-order valence-corrected chi connectivity index (χ2v) is 9.54. The number of anilines is 3. The van der Waals surface area contributed by atoms with Crippen molar-refractivity contribution >= 4 is 46.7 Å². The van der Waals surface area contributed by atoms with Crippen molar-refractivity contribution in [3.05, 3.63) is 53.3 Å². The number of aromatic nitrogens is 2. The number of hydrogen-bond donors (Lipinski definition) is 2. The molecule has 2 amide bonds. The molecule has 1 atom stereocenters. The van der Waals surface area contributed by atoms with Crippen LogP contribution in [0.15, 0.2) is 36.4 Å². The van der Waals surface area contributed by atoms with Crippen molar-refractivity contribution in [1.29, 1.82) is 0 Å². The molecular formula is C26H30N6O3S. The summed E-state index contributed by atoms with van der Waals surface area (Å²) in [6, 6.07) is 11.1. The molecule has 1 aromatic heterocycles. The predicted molar refractivity (Wildman–Crippen MR) is 143 cm³/mol. The molecule has 188 valence electrons. The van der Waals surface area contributed by atoms with E-state index in [4.69, 9.17) is 0 Å². The van der Waals surface area contributed by atoms with E-state index in [1.165, 1.54) is 11.5 Å². The first-order valence-corrected chi connectivity index (χ1v) is 12.6. The molecule has 0 radical (unpaired) electrons. The lowest BCUT2D eigenvalue weighted by atomic mass is 10.1. The number of carbonyl (C=O) groups is 3. The first-order chi connectivity index (χ1) is 17.3. The van der Waals surface area contributed by atoms with E-state index in [1.807, 2.05) is 50.2 Å². The fourth-order valence-electron chi connectivity index (χ4n) is 4.29. The van der Waals surface area contributed by atoms with Gasteiger partial charge in [-0.25, -0.2) is 4.98 Å². The summed E-state index contributed by atoms with van der Waals surface area (Å²) < 4.78 is 4.25. The molecular weight excluding hydrogens is 476 g/mol. The molecule has 0 fully saturated rings. The number of benzene rings is 2. The summed E-state index contributed by atoms with van der Waals surface area (Å²) in [4.78, 5) is 44.9. The van der Waals surface area contributed by atoms with Crippen molar-refractivity contribution in [2.24, 2.45) is 0 Å². The topological polar surface area (TPSA) is 108 Å². The van der Waals surface area contributed by atoms with Gasteiger partial charge >= 0.3 is 0 Å². The van der Waals surface area contributed by atoms with Crippen molar-refractivity contribution in [2.75, 3.05) is 42.3 Å². The maximum Gasteiger partial charge on any atom is 0.246 e. The van der Waals surface area contributed by atoms with Gasteiger partial charge in [-0.1, -0.05) is 18.2 Å². The highest BCUT2D eigenvalue weighted by Gasteiger charge is 2.29. The van der Waals surface area contributed by atoms with Gasteiger partial charge in [0.2, 0.25) is 11.8 Å². The van der Waals surface area contributed by atoms with Crippen molar-refractivity contribution in [2.45, 2.75) is 32.7 Å². The summed E-state index contributed by atoms with van der Waals surface area (Å²) in [5, 5.41) is 6.96. The third-order valence-corrected chi connectivity index (χ3v) is 7.27. The number of aryl methyl sites for hydroxylation is 2. The Bertz CT molecular complexity index is 1290. The van der Waals surface area contributed by atoms with Crippen LogP contribution < -0.4 is 20.4 Å². The largest absolute Gasteiger partial charge is 0.376 e. The zero-order valence-corrected chi connectivity index (χ0v) is 21.7. The van der Waals surface area contributed by atoms with Crippen LogP contribution in [0.25, 0.3) is 10.6 Å². The van der Waals surface area contributed by atoms with E-state index in [0.29, 0.717) is 13.0 Å². The molecule has 2 aromatic carbocycles. The molecule has 1 aliphatic heterocycles. The zero-order valence-electron chi connectivity index (χ0n) is 20.9. The molecule has 2 heterocycles. The van der Waals surface area contributed by atoms with Gasteiger partial charge in [0.1, 0.15) is 17.1 Å². The highest BCUT2D eigenvalue weighted by molar-refractivity contribution is 7.09. The van der Waals surface area contributed by atoms with Crippen LogP contribution in [0.1, 0.15) is 23.4 Å². The first-order valence-electron chi connectivity index (χ1n) is 11.8. The molecule has 10 heteroatoms. The number of nitrogens with zero attached hydrogens (tertiary/aromatic N) is 4. The SMILES string of the molecule is CNC(C=O)CC(=O)N(C)c1cccc2c1CCN2C(=O)CNc1cc(-c2nc(C)ns2)ccc1C. The Morgan fingerprint density at radius 1 is 1.25 bits per heavy atom. The van der Waals surface area contributed by atoms with Crippen LogP contribution >= 0.6 is 11.5 Å². The van der Waals surface area contributed by atoms with E-state index in [9.17, 15) is 14.4 Å². The van der Waals surface area contributed by atoms with E-state index in [-0.39, 0.29) is 24.8 Å². The number of fused-ring (bicyclic) bond motifs is 1. The normalized spacial score (nSPS) is 13.3. The van der Waals surface area contributed by atoms with Gasteiger partial charge in [0.05, 0.1) is 12.6 Å². The fourth-order valence-corrected chi connectivity index (χ4v) is 4.96. The molecule has 1 unspecified atom stereocenters. The zero-order chi connectivity index (χ0) is 25.8. The first kappa shape index (κ1) is 25.5. The Hall–Kier alpha value is -3.63. The molecule has 0 saturated heterocycles. The molecule has 36 heavy (non-hydrogen) atoms. The molecule has 0 aliphatic carbocycles. The summed E-state index contributed by atoms with van der Waals surface area (Å²) in [5.41, 5.74) is 5.40. The highest BCUT2D eigenvalue weighted by Crippen LogP contribution is 2.36. The van der Waals surface area contributed by atoms with Crippen LogP contribution in [0.2, 0.25) is 0 Å². The minimum absolute atomic E-state index is 0.0485. The van der Waals surface area contributed by atoms with Gasteiger partial charge in [-0.2, -0.15) is 4.37 Å². The van der Waals surface area contributed by atoms with Gasteiger partial charge in [-0.3, -0.25) is 9.59 Å². The predicted octanol–water partition coefficient (Wildman–Crippen LogP) is 2.96. The molecule has 2 N–H and O–H groups in total. The van der Waals surface area contributed by atoms with Gasteiger partial charge in [0.15, 0.2) is 0 Å². The van der Waals surface area contributed by atoms with E-state index in [1.54, 1.807) is 23.9 Å². The number of hydrogen-bond acceptors (Lipinski definition) is 8. The van der Waals surface area contributed by atoms with Gasteiger partial charge < -0.3 is 25.2 Å². The standard InChI is InChI=1S/C26H30N6O3S/c1-16-8-9-18(26-29-17(2)30-36-26)12-21(16)28-14-25(35)32-11-10-20-22(6-5-7-23(20)32)31(4)24(34)13-19(15-33)27-3/h5-9,12,15,19,27-28H,10-11,13-14H2,1-4H3. The van der Waals surface area contributed by atoms with Crippen molar-refractivity contribution in [3.8, 4) is 10.6 Å². The average molecular weight is 507 g/mol. The minimum Gasteiger partial charge on any atom is -0.376 e. The van der Waals surface area contributed by atoms with Crippen LogP contribution in [0, 0.1) is 13.8 Å². The summed E-state index contributed by atoms with van der Waals surface area (Å²) >= 11 is 1.35. The smallest absolute Gasteiger partial charge is 0.246 e. The lowest BCUT2D eigenvalue weighted by Gasteiger charge is -2.23. The van der Waals surface area contributed by atoms with Crippen LogP contribution in [0.4, 0.5) is 17.1 Å². The monoisotopic (exact) mass is 506 g/mol. The van der Waals surface area contributed by atoms with E-state index in [0.717, 1.165) is 50.9 Å². The third-order valence-electron chi connectivity index (χ3n) is 6.41. The van der Waals surface area contributed by atoms with E-state index in [2.05, 4.69) is 20.0 Å². The average Bonchev–Trinajstić information content (AvgIpc) is 3.52. The van der Waals surface area contributed by atoms with Gasteiger partial charge in [-0.05, 0) is 62.6 Å². The Labute approximate surface area is 214 Å². The Kier molecular flexibility index (Phi) is 7.76. The van der Waals surface area contributed by atoms with Gasteiger partial charge in [0, 0.05) is 48.2 Å². The Morgan fingerprint density at radius 2 is 2.06 bits per heavy atom. The summed E-state index contributed by atoms with van der Waals surface area (Å²) in [7, 11) is 3.36. The number of aldehydes is 1. The van der Waals surface area contributed by atoms with E-state index >= 15 is 0 Å². The van der Waals surface area contributed by atoms with Gasteiger partial charge in [0.25, 0.3) is 0 Å². The number of amides is 2. The Morgan fingerprint density at radius 3 is 2.75 bits per heavy atom. The minimum atomic E-state index is -0.529. The lowest BCUT2D eigenvalue weighted by Crippen LogP contribution is -2.36. The van der Waals surface area contributed by atoms with Crippen LogP contribution in [0.5, 0.6) is 0 Å². The molecule has 1 aliphatic rings. The number of nitrogens with one attached hydrogen (secondary N) is 2. The second kappa shape index (κ2) is 11.0. The second-order valence-electron chi connectivity index (χ2n) is 8.79. The maximum atomic E-state index is 13.2.